The van der Waals surface area contributed by atoms with Crippen LogP contribution >= 0.6 is 0 Å². The molecule has 0 aliphatic carbocycles. The lowest BCUT2D eigenvalue weighted by Gasteiger charge is -2.13. The Hall–Kier alpha value is -2.68. The molecule has 0 saturated carbocycles. The molecule has 25 heavy (non-hydrogen) atoms. The Bertz CT molecular complexity index is 764. The van der Waals surface area contributed by atoms with Crippen molar-refractivity contribution >= 4 is 33.4 Å². The van der Waals surface area contributed by atoms with E-state index in [2.05, 4.69) is 21.4 Å². The van der Waals surface area contributed by atoms with Gasteiger partial charge in [0.1, 0.15) is 5.25 Å². The number of methoxy groups -OCH3 is 2. The maximum absolute atomic E-state index is 12.2. The smallest absolute Gasteiger partial charge is 0.337 e. The summed E-state index contributed by atoms with van der Waals surface area (Å²) in [6, 6.07) is 3.78. The summed E-state index contributed by atoms with van der Waals surface area (Å²) in [6.07, 6.45) is 1.19. The van der Waals surface area contributed by atoms with Crippen LogP contribution in [0.5, 0.6) is 0 Å². The molecule has 0 aliphatic heterocycles. The first-order chi connectivity index (χ1) is 11.7. The van der Waals surface area contributed by atoms with Crippen LogP contribution in [0.25, 0.3) is 0 Å². The molecule has 1 N–H and O–H groups in total. The van der Waals surface area contributed by atoms with Crippen LogP contribution in [0.3, 0.4) is 0 Å². The Morgan fingerprint density at radius 1 is 1.12 bits per heavy atom. The molecule has 1 rings (SSSR count). The molecule has 1 atom stereocenters. The second-order valence-corrected chi connectivity index (χ2v) is 7.40. The first kappa shape index (κ1) is 20.4. The molecule has 1 amide bonds. The third kappa shape index (κ3) is 5.15. The van der Waals surface area contributed by atoms with Gasteiger partial charge < -0.3 is 14.8 Å². The summed E-state index contributed by atoms with van der Waals surface area (Å²) >= 11 is 0. The van der Waals surface area contributed by atoms with E-state index >= 15 is 0 Å². The van der Waals surface area contributed by atoms with Crippen molar-refractivity contribution in [1.29, 1.82) is 0 Å². The molecule has 1 unspecified atom stereocenters. The normalized spacial score (nSPS) is 12.0. The van der Waals surface area contributed by atoms with E-state index in [1.807, 2.05) is 0 Å². The highest BCUT2D eigenvalue weighted by Crippen LogP contribution is 2.18. The molecule has 0 saturated heterocycles. The molecular weight excluding hydrogens is 350 g/mol. The first-order valence-electron chi connectivity index (χ1n) is 7.11. The molecule has 9 heteroatoms. The predicted octanol–water partition coefficient (Wildman–Crippen LogP) is 1.19. The summed E-state index contributed by atoms with van der Waals surface area (Å²) in [6.45, 7) is 4.57. The number of anilines is 1. The number of amides is 1. The lowest BCUT2D eigenvalue weighted by atomic mass is 10.1. The minimum atomic E-state index is -3.71. The summed E-state index contributed by atoms with van der Waals surface area (Å²) in [4.78, 5) is 35.6. The molecule has 0 aromatic heterocycles. The minimum absolute atomic E-state index is 0.00213. The Kier molecular flexibility index (Phi) is 6.86. The Morgan fingerprint density at radius 2 is 1.60 bits per heavy atom. The van der Waals surface area contributed by atoms with E-state index in [1.165, 1.54) is 31.2 Å². The maximum atomic E-state index is 12.2. The van der Waals surface area contributed by atoms with Gasteiger partial charge in [0, 0.05) is 5.69 Å². The molecular formula is C16H19NO7S. The summed E-state index contributed by atoms with van der Waals surface area (Å²) in [7, 11) is -1.38. The van der Waals surface area contributed by atoms with Gasteiger partial charge in [-0.05, 0) is 25.1 Å². The van der Waals surface area contributed by atoms with Crippen molar-refractivity contribution in [2.75, 3.05) is 25.3 Å². The van der Waals surface area contributed by atoms with Crippen molar-refractivity contribution in [3.05, 3.63) is 42.0 Å². The van der Waals surface area contributed by atoms with E-state index in [0.717, 1.165) is 14.2 Å². The van der Waals surface area contributed by atoms with Gasteiger partial charge in [-0.3, -0.25) is 4.79 Å². The van der Waals surface area contributed by atoms with E-state index in [4.69, 9.17) is 0 Å². The van der Waals surface area contributed by atoms with E-state index in [0.29, 0.717) is 0 Å². The molecule has 0 radical (unpaired) electrons. The van der Waals surface area contributed by atoms with Crippen molar-refractivity contribution in [1.82, 2.24) is 0 Å². The van der Waals surface area contributed by atoms with Gasteiger partial charge in [0.05, 0.1) is 31.1 Å². The monoisotopic (exact) mass is 369 g/mol. The zero-order chi connectivity index (χ0) is 19.2. The molecule has 1 aromatic rings. The van der Waals surface area contributed by atoms with Crippen molar-refractivity contribution in [2.24, 2.45) is 0 Å². The Labute approximate surface area is 145 Å². The highest BCUT2D eigenvalue weighted by atomic mass is 32.2. The fourth-order valence-corrected chi connectivity index (χ4v) is 2.89. The number of rotatable bonds is 7. The van der Waals surface area contributed by atoms with Gasteiger partial charge in [0.25, 0.3) is 0 Å². The number of sulfone groups is 1. The van der Waals surface area contributed by atoms with Crippen LogP contribution in [0.4, 0.5) is 5.69 Å². The Balaban J connectivity index is 3.19. The van der Waals surface area contributed by atoms with Crippen molar-refractivity contribution < 1.29 is 32.3 Å². The Morgan fingerprint density at radius 3 is 2.00 bits per heavy atom. The van der Waals surface area contributed by atoms with Gasteiger partial charge in [0.15, 0.2) is 9.84 Å². The molecule has 8 nitrogen and oxygen atoms in total. The lowest BCUT2D eigenvalue weighted by molar-refractivity contribution is -0.115. The second-order valence-electron chi connectivity index (χ2n) is 5.03. The molecule has 0 bridgehead atoms. The van der Waals surface area contributed by atoms with Crippen LogP contribution in [0.2, 0.25) is 0 Å². The van der Waals surface area contributed by atoms with Crippen LogP contribution < -0.4 is 5.32 Å². The number of benzene rings is 1. The number of carbonyl (C=O) groups is 3. The zero-order valence-electron chi connectivity index (χ0n) is 14.1. The molecule has 1 aromatic carbocycles. The van der Waals surface area contributed by atoms with Gasteiger partial charge >= 0.3 is 11.9 Å². The van der Waals surface area contributed by atoms with Crippen LogP contribution in [0.1, 0.15) is 27.6 Å². The molecule has 0 aliphatic rings. The number of esters is 2. The third-order valence-electron chi connectivity index (χ3n) is 3.30. The second kappa shape index (κ2) is 8.43. The van der Waals surface area contributed by atoms with Gasteiger partial charge in [0.2, 0.25) is 5.91 Å². The van der Waals surface area contributed by atoms with E-state index in [9.17, 15) is 22.8 Å². The van der Waals surface area contributed by atoms with Gasteiger partial charge in [-0.1, -0.05) is 6.08 Å². The lowest BCUT2D eigenvalue weighted by Crippen LogP contribution is -2.33. The quantitative estimate of drug-likeness (QED) is 0.567. The van der Waals surface area contributed by atoms with Crippen molar-refractivity contribution in [3.8, 4) is 0 Å². The fraction of sp³-hybridized carbons (Fsp3) is 0.312. The van der Waals surface area contributed by atoms with Crippen LogP contribution in [-0.4, -0.2) is 51.5 Å². The highest BCUT2D eigenvalue weighted by molar-refractivity contribution is 7.92. The summed E-state index contributed by atoms with van der Waals surface area (Å²) < 4.78 is 33.0. The number of ether oxygens (including phenoxy) is 2. The number of hydrogen-bond donors (Lipinski definition) is 1. The summed E-state index contributed by atoms with van der Waals surface area (Å²) in [5, 5.41) is 1.04. The summed E-state index contributed by atoms with van der Waals surface area (Å²) in [5.41, 5.74) is 0.0681. The van der Waals surface area contributed by atoms with Crippen LogP contribution in [0.15, 0.2) is 30.9 Å². The summed E-state index contributed by atoms with van der Waals surface area (Å²) in [5.74, 6) is -2.61. The van der Waals surface area contributed by atoms with Crippen LogP contribution in [-0.2, 0) is 24.1 Å². The number of nitrogens with one attached hydrogen (secondary N) is 1. The van der Waals surface area contributed by atoms with Gasteiger partial charge in [-0.25, -0.2) is 18.0 Å². The number of carbonyl (C=O) groups excluding carboxylic acids is 3. The first-order valence-corrected chi connectivity index (χ1v) is 8.82. The van der Waals surface area contributed by atoms with Crippen molar-refractivity contribution in [2.45, 2.75) is 12.2 Å². The minimum Gasteiger partial charge on any atom is -0.465 e. The number of hydrogen-bond acceptors (Lipinski definition) is 7. The standard InChI is InChI=1S/C16H19NO7S/c1-5-6-25(21,22)10(2)14(18)17-13-8-11(15(19)23-3)7-12(9-13)16(20)24-4/h5,7-10H,1,6H2,2-4H3,(H,17,18). The SMILES string of the molecule is C=CCS(=O)(=O)C(C)C(=O)Nc1cc(C(=O)OC)cc(C(=O)OC)c1. The van der Waals surface area contributed by atoms with E-state index in [-0.39, 0.29) is 22.6 Å². The van der Waals surface area contributed by atoms with Crippen LogP contribution in [0, 0.1) is 0 Å². The van der Waals surface area contributed by atoms with Crippen molar-refractivity contribution in [3.63, 3.8) is 0 Å². The van der Waals surface area contributed by atoms with Gasteiger partial charge in [-0.15, -0.1) is 6.58 Å². The zero-order valence-corrected chi connectivity index (χ0v) is 14.9. The molecule has 0 heterocycles. The van der Waals surface area contributed by atoms with E-state index < -0.39 is 32.9 Å². The predicted molar refractivity (Wildman–Crippen MR) is 91.2 cm³/mol. The van der Waals surface area contributed by atoms with Gasteiger partial charge in [-0.2, -0.15) is 0 Å². The highest BCUT2D eigenvalue weighted by Gasteiger charge is 2.27. The fourth-order valence-electron chi connectivity index (χ4n) is 1.89. The molecule has 0 fully saturated rings. The topological polar surface area (TPSA) is 116 Å². The largest absolute Gasteiger partial charge is 0.465 e. The average molecular weight is 369 g/mol. The molecule has 136 valence electrons. The van der Waals surface area contributed by atoms with E-state index in [1.54, 1.807) is 0 Å². The average Bonchev–Trinajstić information content (AvgIpc) is 2.59. The third-order valence-corrected chi connectivity index (χ3v) is 5.29. The maximum Gasteiger partial charge on any atom is 0.337 e. The molecule has 0 spiro atoms.